The maximum atomic E-state index is 13.0. The fraction of sp³-hybridized carbons (Fsp3) is 0.500. The highest BCUT2D eigenvalue weighted by Gasteiger charge is 2.42. The van der Waals surface area contributed by atoms with Crippen molar-refractivity contribution in [2.75, 3.05) is 19.9 Å². The van der Waals surface area contributed by atoms with E-state index in [4.69, 9.17) is 9.47 Å². The van der Waals surface area contributed by atoms with E-state index >= 15 is 0 Å². The van der Waals surface area contributed by atoms with Crippen LogP contribution in [0, 0.1) is 11.8 Å². The molecule has 2 aromatic rings. The van der Waals surface area contributed by atoms with Crippen molar-refractivity contribution in [1.82, 2.24) is 25.5 Å². The molecule has 0 bridgehead atoms. The zero-order valence-electron chi connectivity index (χ0n) is 15.9. The van der Waals surface area contributed by atoms with Gasteiger partial charge >= 0.3 is 0 Å². The number of amides is 1. The van der Waals surface area contributed by atoms with Crippen LogP contribution in [0.4, 0.5) is 0 Å². The molecular weight excluding hydrogens is 358 g/mol. The molecule has 2 saturated heterocycles. The molecule has 4 heterocycles. The van der Waals surface area contributed by atoms with Gasteiger partial charge in [0.25, 0.3) is 0 Å². The van der Waals surface area contributed by atoms with Gasteiger partial charge in [0, 0.05) is 37.4 Å². The number of aromatic nitrogens is 2. The van der Waals surface area contributed by atoms with Crippen LogP contribution in [0.5, 0.6) is 11.5 Å². The third-order valence-corrected chi connectivity index (χ3v) is 6.02. The number of hydrazine groups is 1. The average Bonchev–Trinajstić information content (AvgIpc) is 3.46. The molecule has 0 spiro atoms. The molecule has 5 rings (SSSR count). The summed E-state index contributed by atoms with van der Waals surface area (Å²) in [6.07, 6.45) is 4.59. The van der Waals surface area contributed by atoms with Crippen molar-refractivity contribution in [2.24, 2.45) is 11.8 Å². The summed E-state index contributed by atoms with van der Waals surface area (Å²) < 4.78 is 12.8. The minimum Gasteiger partial charge on any atom is -0.454 e. The van der Waals surface area contributed by atoms with Gasteiger partial charge in [-0.15, -0.1) is 0 Å². The third kappa shape index (κ3) is 3.12. The fourth-order valence-corrected chi connectivity index (χ4v) is 4.52. The second-order valence-corrected chi connectivity index (χ2v) is 7.85. The Balaban J connectivity index is 1.29. The Morgan fingerprint density at radius 1 is 1.32 bits per heavy atom. The molecule has 1 amide bonds. The summed E-state index contributed by atoms with van der Waals surface area (Å²) in [4.78, 5) is 15.0. The van der Waals surface area contributed by atoms with Gasteiger partial charge in [0.2, 0.25) is 12.7 Å². The lowest BCUT2D eigenvalue weighted by molar-refractivity contribution is -0.137. The van der Waals surface area contributed by atoms with E-state index in [0.717, 1.165) is 36.6 Å². The quantitative estimate of drug-likeness (QED) is 0.829. The van der Waals surface area contributed by atoms with E-state index in [2.05, 4.69) is 22.0 Å². The van der Waals surface area contributed by atoms with Crippen molar-refractivity contribution in [1.29, 1.82) is 0 Å². The van der Waals surface area contributed by atoms with Crippen LogP contribution in [0.25, 0.3) is 0 Å². The summed E-state index contributed by atoms with van der Waals surface area (Å²) >= 11 is 0. The summed E-state index contributed by atoms with van der Waals surface area (Å²) in [7, 11) is 0. The Labute approximate surface area is 163 Å². The van der Waals surface area contributed by atoms with Crippen molar-refractivity contribution in [3.8, 4) is 11.5 Å². The number of benzene rings is 1. The number of rotatable bonds is 4. The lowest BCUT2D eigenvalue weighted by Gasteiger charge is -2.37. The van der Waals surface area contributed by atoms with Crippen LogP contribution in [0.2, 0.25) is 0 Å². The van der Waals surface area contributed by atoms with Crippen molar-refractivity contribution in [3.05, 3.63) is 42.2 Å². The molecule has 0 aliphatic carbocycles. The summed E-state index contributed by atoms with van der Waals surface area (Å²) in [5.74, 6) is 2.00. The van der Waals surface area contributed by atoms with E-state index in [0.29, 0.717) is 18.5 Å². The van der Waals surface area contributed by atoms with Crippen molar-refractivity contribution in [3.63, 3.8) is 0 Å². The number of nitrogens with one attached hydrogen (secondary N) is 2. The second-order valence-electron chi connectivity index (χ2n) is 7.85. The molecule has 4 atom stereocenters. The van der Waals surface area contributed by atoms with Crippen molar-refractivity contribution >= 4 is 5.91 Å². The number of ether oxygens (including phenoxy) is 2. The molecular formula is C20H25N5O3. The van der Waals surface area contributed by atoms with Gasteiger partial charge < -0.3 is 14.4 Å². The van der Waals surface area contributed by atoms with E-state index in [9.17, 15) is 4.79 Å². The number of nitrogens with zero attached hydrogens (tertiary/aromatic N) is 3. The van der Waals surface area contributed by atoms with Gasteiger partial charge in [-0.25, -0.2) is 5.43 Å². The van der Waals surface area contributed by atoms with Gasteiger partial charge in [0.05, 0.1) is 18.5 Å². The normalized spacial score (nSPS) is 26.9. The highest BCUT2D eigenvalue weighted by Crippen LogP contribution is 2.39. The lowest BCUT2D eigenvalue weighted by atomic mass is 9.84. The van der Waals surface area contributed by atoms with Gasteiger partial charge in [-0.05, 0) is 30.2 Å². The number of carbonyl (C=O) groups excluding carboxylic acids is 1. The maximum Gasteiger partial charge on any atom is 0.231 e. The molecule has 28 heavy (non-hydrogen) atoms. The molecule has 2 N–H and O–H groups in total. The molecule has 8 heteroatoms. The van der Waals surface area contributed by atoms with Gasteiger partial charge in [-0.1, -0.05) is 13.0 Å². The van der Waals surface area contributed by atoms with Crippen LogP contribution in [0.3, 0.4) is 0 Å². The number of likely N-dealkylation sites (tertiary alicyclic amines) is 1. The molecule has 8 nitrogen and oxygen atoms in total. The van der Waals surface area contributed by atoms with Gasteiger partial charge in [0.1, 0.15) is 0 Å². The standard InChI is InChI=1S/C20H25N5O3/c1-13(10-25-7-2-6-21-25)20(26)24-8-5-16-15(11-24)19(23-22-16)14-3-4-17-18(9-14)28-12-27-17/h2-4,6-7,9,13,15-16,19,22-23H,5,8,10-12H2,1H3. The van der Waals surface area contributed by atoms with E-state index in [1.807, 2.05) is 40.9 Å². The van der Waals surface area contributed by atoms with Crippen LogP contribution in [0.15, 0.2) is 36.7 Å². The first-order valence-electron chi connectivity index (χ1n) is 9.86. The Kier molecular flexibility index (Phi) is 4.44. The first kappa shape index (κ1) is 17.5. The van der Waals surface area contributed by atoms with E-state index in [1.165, 1.54) is 0 Å². The number of hydrogen-bond donors (Lipinski definition) is 2. The number of hydrogen-bond acceptors (Lipinski definition) is 6. The summed E-state index contributed by atoms with van der Waals surface area (Å²) in [5.41, 5.74) is 8.01. The first-order chi connectivity index (χ1) is 13.7. The minimum atomic E-state index is -0.0947. The summed E-state index contributed by atoms with van der Waals surface area (Å²) in [6, 6.07) is 8.47. The maximum absolute atomic E-state index is 13.0. The van der Waals surface area contributed by atoms with Gasteiger partial charge in [-0.2, -0.15) is 5.10 Å². The first-order valence-corrected chi connectivity index (χ1v) is 9.86. The van der Waals surface area contributed by atoms with Crippen LogP contribution >= 0.6 is 0 Å². The zero-order chi connectivity index (χ0) is 19.1. The predicted octanol–water partition coefficient (Wildman–Crippen LogP) is 1.31. The summed E-state index contributed by atoms with van der Waals surface area (Å²) in [6.45, 7) is 4.39. The fourth-order valence-electron chi connectivity index (χ4n) is 4.52. The largest absolute Gasteiger partial charge is 0.454 e. The number of fused-ring (bicyclic) bond motifs is 2. The molecule has 1 aromatic heterocycles. The lowest BCUT2D eigenvalue weighted by Crippen LogP contribution is -2.49. The Morgan fingerprint density at radius 2 is 2.21 bits per heavy atom. The van der Waals surface area contributed by atoms with Crippen molar-refractivity contribution in [2.45, 2.75) is 32.0 Å². The molecule has 4 unspecified atom stereocenters. The van der Waals surface area contributed by atoms with Gasteiger partial charge in [-0.3, -0.25) is 14.9 Å². The average molecular weight is 383 g/mol. The third-order valence-electron chi connectivity index (χ3n) is 6.02. The highest BCUT2D eigenvalue weighted by atomic mass is 16.7. The van der Waals surface area contributed by atoms with E-state index in [1.54, 1.807) is 6.20 Å². The predicted molar refractivity (Wildman–Crippen MR) is 101 cm³/mol. The highest BCUT2D eigenvalue weighted by molar-refractivity contribution is 5.78. The molecule has 3 aliphatic rings. The second kappa shape index (κ2) is 7.10. The number of carbonyl (C=O) groups is 1. The summed E-state index contributed by atoms with van der Waals surface area (Å²) in [5, 5.41) is 4.22. The minimum absolute atomic E-state index is 0.0947. The number of piperidine rings is 1. The zero-order valence-corrected chi connectivity index (χ0v) is 15.9. The molecule has 1 aromatic carbocycles. The van der Waals surface area contributed by atoms with E-state index in [-0.39, 0.29) is 24.7 Å². The molecule has 148 valence electrons. The topological polar surface area (TPSA) is 80.7 Å². The monoisotopic (exact) mass is 383 g/mol. The van der Waals surface area contributed by atoms with E-state index < -0.39 is 0 Å². The van der Waals surface area contributed by atoms with Crippen LogP contribution < -0.4 is 20.3 Å². The molecule has 3 aliphatic heterocycles. The Bertz CT molecular complexity index is 856. The van der Waals surface area contributed by atoms with Crippen LogP contribution in [-0.2, 0) is 11.3 Å². The van der Waals surface area contributed by atoms with Crippen molar-refractivity contribution < 1.29 is 14.3 Å². The smallest absolute Gasteiger partial charge is 0.231 e. The van der Waals surface area contributed by atoms with Crippen LogP contribution in [0.1, 0.15) is 24.9 Å². The SMILES string of the molecule is CC(Cn1cccn1)C(=O)N1CCC2NNC(c3ccc4c(c3)OCO4)C2C1. The Hall–Kier alpha value is -2.58. The van der Waals surface area contributed by atoms with Gasteiger partial charge in [0.15, 0.2) is 11.5 Å². The molecule has 0 saturated carbocycles. The Morgan fingerprint density at radius 3 is 3.07 bits per heavy atom. The molecule has 2 fully saturated rings. The van der Waals surface area contributed by atoms with Crippen LogP contribution in [-0.4, -0.2) is 46.5 Å². The molecule has 0 radical (unpaired) electrons.